The molecule has 7 nitrogen and oxygen atoms in total. The molecule has 23 heavy (non-hydrogen) atoms. The third-order valence-electron chi connectivity index (χ3n) is 4.71. The summed E-state index contributed by atoms with van der Waals surface area (Å²) in [5, 5.41) is 0. The molecule has 2 fully saturated rings. The molecular weight excluding hydrogens is 316 g/mol. The van der Waals surface area contributed by atoms with Crippen LogP contribution in [0.5, 0.6) is 0 Å². The maximum Gasteiger partial charge on any atom is 0.223 e. The van der Waals surface area contributed by atoms with Gasteiger partial charge in [-0.1, -0.05) is 0 Å². The Kier molecular flexibility index (Phi) is 4.52. The predicted molar refractivity (Wildman–Crippen MR) is 86.7 cm³/mol. The summed E-state index contributed by atoms with van der Waals surface area (Å²) >= 11 is 0. The van der Waals surface area contributed by atoms with Gasteiger partial charge in [0, 0.05) is 51.2 Å². The average molecular weight is 338 g/mol. The number of carbonyl (C=O) groups excluding carboxylic acids is 1. The normalized spacial score (nSPS) is 24.6. The van der Waals surface area contributed by atoms with Crippen molar-refractivity contribution in [2.75, 3.05) is 43.1 Å². The summed E-state index contributed by atoms with van der Waals surface area (Å²) < 4.78 is 22.4. The third kappa shape index (κ3) is 3.99. The first kappa shape index (κ1) is 16.2. The van der Waals surface area contributed by atoms with Crippen LogP contribution in [0.25, 0.3) is 0 Å². The lowest BCUT2D eigenvalue weighted by atomic mass is 9.89. The standard InChI is InChI=1S/C15H22N4O3S/c1-23(21,22)7-3-15(20)19-9-12-2-6-18(10-13(12)11-19)14-8-16-4-5-17-14/h4-5,8,12-13H,2-3,6-7,9-11H2,1H3. The largest absolute Gasteiger partial charge is 0.355 e. The van der Waals surface area contributed by atoms with Crippen molar-refractivity contribution in [1.29, 1.82) is 0 Å². The quantitative estimate of drug-likeness (QED) is 0.780. The molecule has 126 valence electrons. The molecule has 1 amide bonds. The molecule has 0 N–H and O–H groups in total. The molecule has 1 aromatic heterocycles. The van der Waals surface area contributed by atoms with Crippen LogP contribution >= 0.6 is 0 Å². The van der Waals surface area contributed by atoms with E-state index in [1.165, 1.54) is 6.26 Å². The van der Waals surface area contributed by atoms with E-state index in [4.69, 9.17) is 0 Å². The first-order valence-corrected chi connectivity index (χ1v) is 9.95. The number of rotatable bonds is 4. The fourth-order valence-electron chi connectivity index (χ4n) is 3.47. The SMILES string of the molecule is CS(=O)(=O)CCC(=O)N1CC2CCN(c3cnccn3)CC2C1. The van der Waals surface area contributed by atoms with Crippen LogP contribution in [0.15, 0.2) is 18.6 Å². The highest BCUT2D eigenvalue weighted by molar-refractivity contribution is 7.90. The number of nitrogens with zero attached hydrogens (tertiary/aromatic N) is 4. The van der Waals surface area contributed by atoms with Crippen LogP contribution in [0.3, 0.4) is 0 Å². The van der Waals surface area contributed by atoms with E-state index < -0.39 is 9.84 Å². The molecule has 0 aliphatic carbocycles. The molecule has 2 aliphatic heterocycles. The van der Waals surface area contributed by atoms with E-state index in [2.05, 4.69) is 14.9 Å². The van der Waals surface area contributed by atoms with Crippen molar-refractivity contribution >= 4 is 21.6 Å². The van der Waals surface area contributed by atoms with Crippen molar-refractivity contribution in [2.45, 2.75) is 12.8 Å². The zero-order chi connectivity index (χ0) is 16.4. The first-order valence-electron chi connectivity index (χ1n) is 7.89. The Morgan fingerprint density at radius 1 is 1.26 bits per heavy atom. The van der Waals surface area contributed by atoms with Crippen molar-refractivity contribution in [3.63, 3.8) is 0 Å². The van der Waals surface area contributed by atoms with Gasteiger partial charge in [0.2, 0.25) is 5.91 Å². The highest BCUT2D eigenvalue weighted by Crippen LogP contribution is 2.32. The molecule has 2 aliphatic rings. The second-order valence-electron chi connectivity index (χ2n) is 6.50. The maximum absolute atomic E-state index is 12.2. The van der Waals surface area contributed by atoms with Gasteiger partial charge in [0.15, 0.2) is 0 Å². The number of carbonyl (C=O) groups is 1. The van der Waals surface area contributed by atoms with Gasteiger partial charge in [-0.15, -0.1) is 0 Å². The first-order chi connectivity index (χ1) is 10.9. The lowest BCUT2D eigenvalue weighted by molar-refractivity contribution is -0.129. The third-order valence-corrected chi connectivity index (χ3v) is 5.66. The van der Waals surface area contributed by atoms with Gasteiger partial charge in [-0.3, -0.25) is 9.78 Å². The number of aromatic nitrogens is 2. The number of anilines is 1. The minimum atomic E-state index is -3.09. The Hall–Kier alpha value is -1.70. The molecule has 0 bridgehead atoms. The van der Waals surface area contributed by atoms with Crippen LogP contribution in [0.1, 0.15) is 12.8 Å². The average Bonchev–Trinajstić information content (AvgIpc) is 2.96. The topological polar surface area (TPSA) is 83.5 Å². The summed E-state index contributed by atoms with van der Waals surface area (Å²) in [6.45, 7) is 3.26. The second-order valence-corrected chi connectivity index (χ2v) is 8.76. The summed E-state index contributed by atoms with van der Waals surface area (Å²) in [6, 6.07) is 0. The van der Waals surface area contributed by atoms with E-state index in [1.807, 2.05) is 4.90 Å². The molecule has 2 unspecified atom stereocenters. The van der Waals surface area contributed by atoms with E-state index in [-0.39, 0.29) is 18.1 Å². The Morgan fingerprint density at radius 2 is 2.04 bits per heavy atom. The number of likely N-dealkylation sites (tertiary alicyclic amines) is 1. The fraction of sp³-hybridized carbons (Fsp3) is 0.667. The van der Waals surface area contributed by atoms with Crippen LogP contribution in [0, 0.1) is 11.8 Å². The number of hydrogen-bond acceptors (Lipinski definition) is 6. The van der Waals surface area contributed by atoms with Gasteiger partial charge in [-0.25, -0.2) is 13.4 Å². The summed E-state index contributed by atoms with van der Waals surface area (Å²) in [5.74, 6) is 1.70. The summed E-state index contributed by atoms with van der Waals surface area (Å²) in [4.78, 5) is 24.7. The zero-order valence-corrected chi connectivity index (χ0v) is 14.1. The highest BCUT2D eigenvalue weighted by atomic mass is 32.2. The molecule has 8 heteroatoms. The van der Waals surface area contributed by atoms with E-state index in [0.29, 0.717) is 18.4 Å². The van der Waals surface area contributed by atoms with Gasteiger partial charge in [0.25, 0.3) is 0 Å². The van der Waals surface area contributed by atoms with E-state index in [9.17, 15) is 13.2 Å². The fourth-order valence-corrected chi connectivity index (χ4v) is 4.01. The lowest BCUT2D eigenvalue weighted by Crippen LogP contribution is -2.40. The van der Waals surface area contributed by atoms with Crippen molar-refractivity contribution in [1.82, 2.24) is 14.9 Å². The second kappa shape index (κ2) is 6.43. The lowest BCUT2D eigenvalue weighted by Gasteiger charge is -2.34. The number of amides is 1. The van der Waals surface area contributed by atoms with E-state index >= 15 is 0 Å². The van der Waals surface area contributed by atoms with E-state index in [0.717, 1.165) is 31.9 Å². The number of hydrogen-bond donors (Lipinski definition) is 0. The monoisotopic (exact) mass is 338 g/mol. The molecule has 2 saturated heterocycles. The molecule has 0 aromatic carbocycles. The number of fused-ring (bicyclic) bond motifs is 1. The minimum Gasteiger partial charge on any atom is -0.355 e. The van der Waals surface area contributed by atoms with Gasteiger partial charge >= 0.3 is 0 Å². The van der Waals surface area contributed by atoms with Crippen molar-refractivity contribution in [3.8, 4) is 0 Å². The highest BCUT2D eigenvalue weighted by Gasteiger charge is 2.39. The van der Waals surface area contributed by atoms with Gasteiger partial charge in [0.05, 0.1) is 11.9 Å². The van der Waals surface area contributed by atoms with Gasteiger partial charge in [0.1, 0.15) is 15.7 Å². The molecular formula is C15H22N4O3S. The molecule has 0 spiro atoms. The molecule has 0 saturated carbocycles. The smallest absolute Gasteiger partial charge is 0.223 e. The maximum atomic E-state index is 12.2. The van der Waals surface area contributed by atoms with Gasteiger partial charge in [-0.05, 0) is 18.3 Å². The van der Waals surface area contributed by atoms with Crippen LogP contribution in [-0.4, -0.2) is 67.4 Å². The Bertz CT molecular complexity index is 665. The molecule has 3 heterocycles. The summed E-state index contributed by atoms with van der Waals surface area (Å²) in [7, 11) is -3.09. The zero-order valence-electron chi connectivity index (χ0n) is 13.3. The number of piperidine rings is 1. The number of sulfone groups is 1. The Balaban J connectivity index is 1.58. The molecule has 2 atom stereocenters. The van der Waals surface area contributed by atoms with Crippen molar-refractivity contribution < 1.29 is 13.2 Å². The van der Waals surface area contributed by atoms with Crippen LogP contribution in [-0.2, 0) is 14.6 Å². The minimum absolute atomic E-state index is 0.0455. The van der Waals surface area contributed by atoms with Crippen LogP contribution in [0.2, 0.25) is 0 Å². The molecule has 3 rings (SSSR count). The van der Waals surface area contributed by atoms with Gasteiger partial charge in [-0.2, -0.15) is 0 Å². The summed E-state index contributed by atoms with van der Waals surface area (Å²) in [6.07, 6.45) is 7.40. The van der Waals surface area contributed by atoms with Crippen molar-refractivity contribution in [3.05, 3.63) is 18.6 Å². The van der Waals surface area contributed by atoms with Crippen LogP contribution in [0.4, 0.5) is 5.82 Å². The predicted octanol–water partition coefficient (Wildman–Crippen LogP) is 0.196. The molecule has 0 radical (unpaired) electrons. The summed E-state index contributed by atoms with van der Waals surface area (Å²) in [5.41, 5.74) is 0. The Morgan fingerprint density at radius 3 is 2.74 bits per heavy atom. The van der Waals surface area contributed by atoms with Gasteiger partial charge < -0.3 is 9.80 Å². The van der Waals surface area contributed by atoms with Crippen LogP contribution < -0.4 is 4.90 Å². The molecule has 1 aromatic rings. The Labute approximate surface area is 136 Å². The van der Waals surface area contributed by atoms with E-state index in [1.54, 1.807) is 18.6 Å². The van der Waals surface area contributed by atoms with Crippen molar-refractivity contribution in [2.24, 2.45) is 11.8 Å².